The zero-order valence-electron chi connectivity index (χ0n) is 5.84. The normalized spacial score (nSPS) is 10.4. The van der Waals surface area contributed by atoms with Crippen molar-refractivity contribution in [3.8, 4) is 0 Å². The predicted octanol–water partition coefficient (Wildman–Crippen LogP) is -1.73. The van der Waals surface area contributed by atoms with E-state index in [0.717, 1.165) is 0 Å². The second-order valence-corrected chi connectivity index (χ2v) is 1.63. The molecule has 0 radical (unpaired) electrons. The second kappa shape index (κ2) is 3.34. The SMILES string of the molecule is N=C(N)N(N)/N=N/c1nn[nH]n1. The Kier molecular flexibility index (Phi) is 2.23. The molecule has 1 aromatic heterocycles. The largest absolute Gasteiger partial charge is 0.367 e. The molecule has 6 N–H and O–H groups in total. The van der Waals surface area contributed by atoms with Gasteiger partial charge in [-0.2, -0.15) is 5.21 Å². The Morgan fingerprint density at radius 2 is 2.42 bits per heavy atom. The first-order chi connectivity index (χ1) is 5.70. The lowest BCUT2D eigenvalue weighted by atomic mass is 11.1. The lowest BCUT2D eigenvalue weighted by Gasteiger charge is -2.04. The third kappa shape index (κ3) is 1.95. The molecule has 0 fully saturated rings. The number of hydrogen-bond acceptors (Lipinski definition) is 7. The van der Waals surface area contributed by atoms with Crippen molar-refractivity contribution in [1.82, 2.24) is 25.7 Å². The molecule has 10 nitrogen and oxygen atoms in total. The summed E-state index contributed by atoms with van der Waals surface area (Å²) in [6.45, 7) is 0. The molecule has 0 atom stereocenters. The Morgan fingerprint density at radius 3 is 2.92 bits per heavy atom. The van der Waals surface area contributed by atoms with Crippen LogP contribution in [-0.2, 0) is 0 Å². The maximum Gasteiger partial charge on any atom is 0.309 e. The van der Waals surface area contributed by atoms with Crippen molar-refractivity contribution >= 4 is 11.9 Å². The zero-order chi connectivity index (χ0) is 8.97. The van der Waals surface area contributed by atoms with Crippen LogP contribution in [0.15, 0.2) is 10.3 Å². The van der Waals surface area contributed by atoms with Crippen molar-refractivity contribution in [1.29, 1.82) is 5.41 Å². The van der Waals surface area contributed by atoms with E-state index in [1.165, 1.54) is 0 Å². The first kappa shape index (κ1) is 8.00. The van der Waals surface area contributed by atoms with Crippen LogP contribution in [0.5, 0.6) is 0 Å². The summed E-state index contributed by atoms with van der Waals surface area (Å²) in [4.78, 5) is 0. The van der Waals surface area contributed by atoms with Crippen molar-refractivity contribution in [2.75, 3.05) is 0 Å². The molecule has 0 amide bonds. The Bertz CT molecular complexity index is 270. The van der Waals surface area contributed by atoms with E-state index in [0.29, 0.717) is 5.12 Å². The summed E-state index contributed by atoms with van der Waals surface area (Å²) in [7, 11) is 0. The van der Waals surface area contributed by atoms with E-state index in [4.69, 9.17) is 17.0 Å². The van der Waals surface area contributed by atoms with Gasteiger partial charge in [-0.3, -0.25) is 5.41 Å². The van der Waals surface area contributed by atoms with Gasteiger partial charge >= 0.3 is 5.95 Å². The van der Waals surface area contributed by atoms with Crippen LogP contribution in [0, 0.1) is 5.41 Å². The second-order valence-electron chi connectivity index (χ2n) is 1.63. The fourth-order valence-electron chi connectivity index (χ4n) is 0.335. The third-order valence-electron chi connectivity index (χ3n) is 0.812. The molecule has 0 saturated heterocycles. The highest BCUT2D eigenvalue weighted by Crippen LogP contribution is 1.97. The molecule has 1 heterocycles. The lowest BCUT2D eigenvalue weighted by molar-refractivity contribution is 0.430. The Balaban J connectivity index is 2.56. The Hall–Kier alpha value is -2.10. The minimum absolute atomic E-state index is 0.00620. The molecular weight excluding hydrogens is 164 g/mol. The lowest BCUT2D eigenvalue weighted by Crippen LogP contribution is -2.37. The van der Waals surface area contributed by atoms with E-state index < -0.39 is 5.96 Å². The minimum atomic E-state index is -0.442. The van der Waals surface area contributed by atoms with E-state index in [2.05, 4.69) is 31.0 Å². The summed E-state index contributed by atoms with van der Waals surface area (Å²) in [5.41, 5.74) is 4.94. The molecule has 0 saturated carbocycles. The average Bonchev–Trinajstić information content (AvgIpc) is 2.51. The number of rotatable bonds is 2. The van der Waals surface area contributed by atoms with Crippen LogP contribution >= 0.6 is 0 Å². The van der Waals surface area contributed by atoms with Crippen molar-refractivity contribution < 1.29 is 0 Å². The van der Waals surface area contributed by atoms with Crippen molar-refractivity contribution in [2.45, 2.75) is 0 Å². The van der Waals surface area contributed by atoms with E-state index >= 15 is 0 Å². The number of H-pyrrole nitrogens is 1. The topological polar surface area (TPSA) is 158 Å². The van der Waals surface area contributed by atoms with Crippen LogP contribution in [0.4, 0.5) is 5.95 Å². The smallest absolute Gasteiger partial charge is 0.309 e. The number of aromatic amines is 1. The van der Waals surface area contributed by atoms with E-state index in [-0.39, 0.29) is 5.95 Å². The molecule has 0 aliphatic heterocycles. The molecule has 0 aliphatic carbocycles. The summed E-state index contributed by atoms with van der Waals surface area (Å²) in [6, 6.07) is 0. The van der Waals surface area contributed by atoms with Crippen LogP contribution < -0.4 is 11.6 Å². The number of hydrogen-bond donors (Lipinski definition) is 4. The van der Waals surface area contributed by atoms with Crippen LogP contribution in [0.3, 0.4) is 0 Å². The first-order valence-electron chi connectivity index (χ1n) is 2.74. The number of hydrazine groups is 1. The van der Waals surface area contributed by atoms with Gasteiger partial charge in [0.2, 0.25) is 5.96 Å². The fourth-order valence-corrected chi connectivity index (χ4v) is 0.335. The molecule has 0 spiro atoms. The Labute approximate surface area is 66.1 Å². The van der Waals surface area contributed by atoms with Gasteiger partial charge in [0.05, 0.1) is 0 Å². The van der Waals surface area contributed by atoms with Crippen molar-refractivity contribution in [3.05, 3.63) is 0 Å². The van der Waals surface area contributed by atoms with Gasteiger partial charge in [-0.25, -0.2) is 5.84 Å². The molecule has 1 aromatic rings. The van der Waals surface area contributed by atoms with Gasteiger partial charge in [0.1, 0.15) is 0 Å². The van der Waals surface area contributed by atoms with Gasteiger partial charge in [0.25, 0.3) is 0 Å². The quantitative estimate of drug-likeness (QED) is 0.136. The predicted molar refractivity (Wildman–Crippen MR) is 36.6 cm³/mol. The van der Waals surface area contributed by atoms with Crippen LogP contribution in [0.25, 0.3) is 0 Å². The third-order valence-corrected chi connectivity index (χ3v) is 0.812. The molecule has 0 aromatic carbocycles. The monoisotopic (exact) mass is 170 g/mol. The van der Waals surface area contributed by atoms with Crippen molar-refractivity contribution in [3.63, 3.8) is 0 Å². The molecule has 64 valence electrons. The maximum absolute atomic E-state index is 6.79. The van der Waals surface area contributed by atoms with Gasteiger partial charge < -0.3 is 5.73 Å². The van der Waals surface area contributed by atoms with Gasteiger partial charge in [-0.05, 0) is 10.4 Å². The molecule has 0 aliphatic rings. The molecule has 0 unspecified atom stereocenters. The van der Waals surface area contributed by atoms with Gasteiger partial charge in [-0.1, -0.05) is 10.2 Å². The van der Waals surface area contributed by atoms with Crippen LogP contribution in [0.2, 0.25) is 0 Å². The van der Waals surface area contributed by atoms with Gasteiger partial charge in [-0.15, -0.1) is 10.2 Å². The number of guanidine groups is 1. The van der Waals surface area contributed by atoms with Gasteiger partial charge in [0.15, 0.2) is 0 Å². The number of nitrogens with two attached hydrogens (primary N) is 2. The zero-order valence-corrected chi connectivity index (χ0v) is 5.84. The highest BCUT2D eigenvalue weighted by Gasteiger charge is 1.97. The molecular formula is C2H6N10. The summed E-state index contributed by atoms with van der Waals surface area (Å²) >= 11 is 0. The summed E-state index contributed by atoms with van der Waals surface area (Å²) in [5.74, 6) is 4.63. The van der Waals surface area contributed by atoms with E-state index in [9.17, 15) is 0 Å². The standard InChI is InChI=1S/C2H6N10/c3-1(4)12(5)11-8-2-6-9-10-7-2/h5H2,(H3,3,4)(H,6,7,9,10)/b11-8+. The van der Waals surface area contributed by atoms with E-state index in [1.54, 1.807) is 0 Å². The fraction of sp³-hybridized carbons (Fsp3) is 0. The number of nitrogens with zero attached hydrogens (tertiary/aromatic N) is 6. The molecule has 1 rings (SSSR count). The number of aromatic nitrogens is 4. The first-order valence-corrected chi connectivity index (χ1v) is 2.74. The average molecular weight is 170 g/mol. The van der Waals surface area contributed by atoms with Crippen LogP contribution in [-0.4, -0.2) is 31.7 Å². The summed E-state index contributed by atoms with van der Waals surface area (Å²) < 4.78 is 0. The number of nitrogens with one attached hydrogen (secondary N) is 2. The maximum atomic E-state index is 6.79. The summed E-state index contributed by atoms with van der Waals surface area (Å²) in [5, 5.41) is 26.3. The Morgan fingerprint density at radius 1 is 1.67 bits per heavy atom. The highest BCUT2D eigenvalue weighted by molar-refractivity contribution is 5.73. The molecule has 10 heteroatoms. The van der Waals surface area contributed by atoms with Crippen LogP contribution in [0.1, 0.15) is 0 Å². The minimum Gasteiger partial charge on any atom is -0.367 e. The van der Waals surface area contributed by atoms with Crippen molar-refractivity contribution in [2.24, 2.45) is 21.9 Å². The molecule has 0 bridgehead atoms. The van der Waals surface area contributed by atoms with E-state index in [1.807, 2.05) is 0 Å². The highest BCUT2D eigenvalue weighted by atomic mass is 15.7. The molecule has 12 heavy (non-hydrogen) atoms. The van der Waals surface area contributed by atoms with Gasteiger partial charge in [0, 0.05) is 0 Å². The summed E-state index contributed by atoms with van der Waals surface area (Å²) in [6.07, 6.45) is 0. The number of tetrazole rings is 1.